The molecule has 1 N–H and O–H groups in total. The van der Waals surface area contributed by atoms with Gasteiger partial charge in [0.25, 0.3) is 0 Å². The Bertz CT molecular complexity index is 369. The van der Waals surface area contributed by atoms with E-state index in [1.807, 2.05) is 12.1 Å². The highest BCUT2D eigenvalue weighted by Gasteiger charge is 2.10. The summed E-state index contributed by atoms with van der Waals surface area (Å²) in [5.74, 6) is 0.640. The predicted octanol–water partition coefficient (Wildman–Crippen LogP) is 1.81. The molecule has 0 heterocycles. The summed E-state index contributed by atoms with van der Waals surface area (Å²) in [5.41, 5.74) is 0.657. The molecule has 5 heteroatoms. The van der Waals surface area contributed by atoms with Crippen LogP contribution in [0.25, 0.3) is 0 Å². The van der Waals surface area contributed by atoms with Gasteiger partial charge < -0.3 is 19.7 Å². The molecule has 0 aliphatic heterocycles. The summed E-state index contributed by atoms with van der Waals surface area (Å²) >= 11 is 0. The average Bonchev–Trinajstić information content (AvgIpc) is 2.36. The van der Waals surface area contributed by atoms with E-state index in [1.165, 1.54) is 0 Å². The molecule has 0 saturated carbocycles. The van der Waals surface area contributed by atoms with Crippen LogP contribution in [0.15, 0.2) is 24.3 Å². The summed E-state index contributed by atoms with van der Waals surface area (Å²) in [7, 11) is 4.88. The Hall–Kier alpha value is -1.75. The zero-order valence-corrected chi connectivity index (χ0v) is 10.4. The molecule has 0 saturated heterocycles. The number of amides is 2. The largest absolute Gasteiger partial charge is 0.495 e. The number of hydrogen-bond acceptors (Lipinski definition) is 3. The Morgan fingerprint density at radius 3 is 2.71 bits per heavy atom. The first-order chi connectivity index (χ1) is 8.19. The van der Waals surface area contributed by atoms with E-state index in [1.54, 1.807) is 38.3 Å². The maximum atomic E-state index is 11.8. The van der Waals surface area contributed by atoms with Crippen LogP contribution >= 0.6 is 0 Å². The predicted molar refractivity (Wildman–Crippen MR) is 66.5 cm³/mol. The number of anilines is 1. The van der Waals surface area contributed by atoms with Crippen LogP contribution in [0, 0.1) is 0 Å². The van der Waals surface area contributed by atoms with E-state index >= 15 is 0 Å². The minimum absolute atomic E-state index is 0.188. The van der Waals surface area contributed by atoms with Crippen molar-refractivity contribution in [1.29, 1.82) is 0 Å². The molecule has 0 atom stereocenters. The van der Waals surface area contributed by atoms with Crippen LogP contribution in [0.5, 0.6) is 5.75 Å². The van der Waals surface area contributed by atoms with Gasteiger partial charge in [0.2, 0.25) is 0 Å². The summed E-state index contributed by atoms with van der Waals surface area (Å²) in [6.45, 7) is 1.05. The zero-order valence-electron chi connectivity index (χ0n) is 10.4. The lowest BCUT2D eigenvalue weighted by atomic mass is 10.3. The van der Waals surface area contributed by atoms with Crippen molar-refractivity contribution in [2.45, 2.75) is 0 Å². The summed E-state index contributed by atoms with van der Waals surface area (Å²) in [5, 5.41) is 2.78. The number of urea groups is 1. The van der Waals surface area contributed by atoms with Gasteiger partial charge in [-0.05, 0) is 12.1 Å². The Kier molecular flexibility index (Phi) is 5.29. The number of nitrogens with zero attached hydrogens (tertiary/aromatic N) is 1. The van der Waals surface area contributed by atoms with Crippen molar-refractivity contribution >= 4 is 11.7 Å². The molecular weight excluding hydrogens is 220 g/mol. The van der Waals surface area contributed by atoms with Crippen molar-refractivity contribution in [2.75, 3.05) is 39.7 Å². The van der Waals surface area contributed by atoms with Crippen molar-refractivity contribution in [1.82, 2.24) is 4.90 Å². The molecule has 0 fully saturated rings. The number of rotatable bonds is 5. The van der Waals surface area contributed by atoms with Gasteiger partial charge in [-0.25, -0.2) is 4.79 Å². The number of likely N-dealkylation sites (N-methyl/N-ethyl adjacent to an activating group) is 1. The third-order valence-electron chi connectivity index (χ3n) is 2.33. The van der Waals surface area contributed by atoms with Gasteiger partial charge in [0.1, 0.15) is 5.75 Å². The van der Waals surface area contributed by atoms with Crippen LogP contribution in [-0.2, 0) is 4.74 Å². The van der Waals surface area contributed by atoms with E-state index in [0.29, 0.717) is 24.6 Å². The number of methoxy groups -OCH3 is 2. The minimum atomic E-state index is -0.188. The van der Waals surface area contributed by atoms with E-state index in [2.05, 4.69) is 5.32 Å². The first-order valence-corrected chi connectivity index (χ1v) is 5.33. The smallest absolute Gasteiger partial charge is 0.321 e. The van der Waals surface area contributed by atoms with Crippen molar-refractivity contribution in [3.63, 3.8) is 0 Å². The topological polar surface area (TPSA) is 50.8 Å². The third-order valence-corrected chi connectivity index (χ3v) is 2.33. The molecule has 2 amide bonds. The second kappa shape index (κ2) is 6.75. The lowest BCUT2D eigenvalue weighted by Gasteiger charge is -2.18. The van der Waals surface area contributed by atoms with E-state index in [4.69, 9.17) is 9.47 Å². The summed E-state index contributed by atoms with van der Waals surface area (Å²) in [6.07, 6.45) is 0. The molecule has 0 bridgehead atoms. The molecule has 5 nitrogen and oxygen atoms in total. The maximum Gasteiger partial charge on any atom is 0.321 e. The summed E-state index contributed by atoms with van der Waals surface area (Å²) < 4.78 is 10.1. The van der Waals surface area contributed by atoms with Crippen molar-refractivity contribution in [2.24, 2.45) is 0 Å². The molecule has 0 aromatic heterocycles. The monoisotopic (exact) mass is 238 g/mol. The Balaban J connectivity index is 2.61. The van der Waals surface area contributed by atoms with Crippen LogP contribution < -0.4 is 10.1 Å². The van der Waals surface area contributed by atoms with Crippen LogP contribution in [0.4, 0.5) is 10.5 Å². The van der Waals surface area contributed by atoms with Gasteiger partial charge in [-0.2, -0.15) is 0 Å². The standard InChI is InChI=1S/C12H18N2O3/c1-14(8-9-16-2)12(15)13-10-6-4-5-7-11(10)17-3/h4-7H,8-9H2,1-3H3,(H,13,15). The van der Waals surface area contributed by atoms with Gasteiger partial charge in [0.05, 0.1) is 19.4 Å². The zero-order chi connectivity index (χ0) is 12.7. The van der Waals surface area contributed by atoms with Crippen LogP contribution in [0.1, 0.15) is 0 Å². The van der Waals surface area contributed by atoms with E-state index < -0.39 is 0 Å². The Morgan fingerprint density at radius 1 is 1.35 bits per heavy atom. The number of para-hydroxylation sites is 2. The summed E-state index contributed by atoms with van der Waals surface area (Å²) in [4.78, 5) is 13.3. The maximum absolute atomic E-state index is 11.8. The lowest BCUT2D eigenvalue weighted by Crippen LogP contribution is -2.33. The molecule has 17 heavy (non-hydrogen) atoms. The van der Waals surface area contributed by atoms with Crippen molar-refractivity contribution in [3.05, 3.63) is 24.3 Å². The fourth-order valence-electron chi connectivity index (χ4n) is 1.29. The Morgan fingerprint density at radius 2 is 2.06 bits per heavy atom. The fourth-order valence-corrected chi connectivity index (χ4v) is 1.29. The van der Waals surface area contributed by atoms with Crippen molar-refractivity contribution < 1.29 is 14.3 Å². The minimum Gasteiger partial charge on any atom is -0.495 e. The van der Waals surface area contributed by atoms with Crippen LogP contribution in [-0.4, -0.2) is 45.3 Å². The molecular formula is C12H18N2O3. The number of hydrogen-bond donors (Lipinski definition) is 1. The highest BCUT2D eigenvalue weighted by atomic mass is 16.5. The second-order valence-electron chi connectivity index (χ2n) is 3.54. The van der Waals surface area contributed by atoms with Crippen LogP contribution in [0.3, 0.4) is 0 Å². The van der Waals surface area contributed by atoms with Gasteiger partial charge >= 0.3 is 6.03 Å². The first kappa shape index (κ1) is 13.3. The molecule has 0 spiro atoms. The number of carbonyl (C=O) groups excluding carboxylic acids is 1. The van der Waals surface area contributed by atoms with E-state index in [-0.39, 0.29) is 6.03 Å². The van der Waals surface area contributed by atoms with E-state index in [9.17, 15) is 4.79 Å². The lowest BCUT2D eigenvalue weighted by molar-refractivity contribution is 0.165. The number of ether oxygens (including phenoxy) is 2. The Labute approximate surface area is 101 Å². The molecule has 0 unspecified atom stereocenters. The fraction of sp³-hybridized carbons (Fsp3) is 0.417. The van der Waals surface area contributed by atoms with Gasteiger partial charge in [0, 0.05) is 20.7 Å². The van der Waals surface area contributed by atoms with E-state index in [0.717, 1.165) is 0 Å². The molecule has 1 aromatic rings. The SMILES string of the molecule is COCCN(C)C(=O)Nc1ccccc1OC. The molecule has 1 rings (SSSR count). The highest BCUT2D eigenvalue weighted by Crippen LogP contribution is 2.23. The normalized spacial score (nSPS) is 9.82. The molecule has 94 valence electrons. The number of nitrogens with one attached hydrogen (secondary N) is 1. The third kappa shape index (κ3) is 3.96. The van der Waals surface area contributed by atoms with Gasteiger partial charge in [-0.15, -0.1) is 0 Å². The number of benzene rings is 1. The second-order valence-corrected chi connectivity index (χ2v) is 3.54. The van der Waals surface area contributed by atoms with Gasteiger partial charge in [0.15, 0.2) is 0 Å². The quantitative estimate of drug-likeness (QED) is 0.851. The molecule has 0 aliphatic carbocycles. The highest BCUT2D eigenvalue weighted by molar-refractivity contribution is 5.90. The van der Waals surface area contributed by atoms with Gasteiger partial charge in [-0.1, -0.05) is 12.1 Å². The average molecular weight is 238 g/mol. The molecule has 1 aromatic carbocycles. The van der Waals surface area contributed by atoms with Crippen LogP contribution in [0.2, 0.25) is 0 Å². The molecule has 0 aliphatic rings. The number of carbonyl (C=O) groups is 1. The van der Waals surface area contributed by atoms with Crippen molar-refractivity contribution in [3.8, 4) is 5.75 Å². The summed E-state index contributed by atoms with van der Waals surface area (Å²) in [6, 6.07) is 7.09. The van der Waals surface area contributed by atoms with Gasteiger partial charge in [-0.3, -0.25) is 0 Å². The first-order valence-electron chi connectivity index (χ1n) is 5.33. The molecule has 0 radical (unpaired) electrons.